The first-order valence-electron chi connectivity index (χ1n) is 9.88. The number of ketones is 1. The lowest BCUT2D eigenvalue weighted by Gasteiger charge is -2.34. The van der Waals surface area contributed by atoms with Crippen molar-refractivity contribution in [2.45, 2.75) is 44.4 Å². The molecule has 0 fully saturated rings. The SMILES string of the molecule is CCc1ccc(C2CC(=O)NC3=C2C(=O)CC(c2ccc(OC)cc2)C3)cc1. The quantitative estimate of drug-likeness (QED) is 0.869. The van der Waals surface area contributed by atoms with E-state index in [1.807, 2.05) is 24.3 Å². The van der Waals surface area contributed by atoms with Crippen molar-refractivity contribution in [3.63, 3.8) is 0 Å². The standard InChI is InChI=1S/C24H25NO3/c1-3-15-4-6-17(7-5-15)20-14-23(27)25-21-12-18(13-22(26)24(20)21)16-8-10-19(28-2)11-9-16/h4-11,18,20H,3,12-14H2,1-2H3,(H,25,27). The predicted molar refractivity (Wildman–Crippen MR) is 108 cm³/mol. The lowest BCUT2D eigenvalue weighted by Crippen LogP contribution is -2.38. The third-order valence-corrected chi connectivity index (χ3v) is 5.91. The molecule has 1 heterocycles. The van der Waals surface area contributed by atoms with E-state index in [4.69, 9.17) is 4.74 Å². The van der Waals surface area contributed by atoms with Crippen LogP contribution in [0.1, 0.15) is 54.7 Å². The number of methoxy groups -OCH3 is 1. The number of allylic oxidation sites excluding steroid dienone is 2. The smallest absolute Gasteiger partial charge is 0.225 e. The van der Waals surface area contributed by atoms with Gasteiger partial charge in [-0.25, -0.2) is 0 Å². The van der Waals surface area contributed by atoms with Gasteiger partial charge in [0.25, 0.3) is 0 Å². The number of benzene rings is 2. The van der Waals surface area contributed by atoms with Crippen LogP contribution in [0.2, 0.25) is 0 Å². The summed E-state index contributed by atoms with van der Waals surface area (Å²) in [6.07, 6.45) is 2.47. The van der Waals surface area contributed by atoms with Crippen LogP contribution in [-0.2, 0) is 16.0 Å². The molecule has 2 aromatic rings. The number of carbonyl (C=O) groups is 2. The summed E-state index contributed by atoms with van der Waals surface area (Å²) in [7, 11) is 1.64. The molecule has 2 unspecified atom stereocenters. The van der Waals surface area contributed by atoms with Crippen LogP contribution in [-0.4, -0.2) is 18.8 Å². The molecule has 0 aromatic heterocycles. The lowest BCUT2D eigenvalue weighted by atomic mass is 9.73. The Bertz CT molecular complexity index is 925. The van der Waals surface area contributed by atoms with E-state index in [9.17, 15) is 9.59 Å². The molecule has 0 saturated heterocycles. The van der Waals surface area contributed by atoms with E-state index in [0.29, 0.717) is 19.3 Å². The summed E-state index contributed by atoms with van der Waals surface area (Å²) in [5, 5.41) is 2.99. The van der Waals surface area contributed by atoms with Gasteiger partial charge in [0, 0.05) is 30.0 Å². The highest BCUT2D eigenvalue weighted by Gasteiger charge is 2.38. The minimum Gasteiger partial charge on any atom is -0.497 e. The van der Waals surface area contributed by atoms with E-state index >= 15 is 0 Å². The second-order valence-electron chi connectivity index (χ2n) is 7.59. The zero-order valence-corrected chi connectivity index (χ0v) is 16.3. The molecule has 4 nitrogen and oxygen atoms in total. The first kappa shape index (κ1) is 18.5. The van der Waals surface area contributed by atoms with Crippen molar-refractivity contribution in [2.24, 2.45) is 0 Å². The zero-order valence-electron chi connectivity index (χ0n) is 16.3. The Kier molecular flexibility index (Phi) is 5.03. The van der Waals surface area contributed by atoms with Crippen LogP contribution in [0.4, 0.5) is 0 Å². The molecule has 1 amide bonds. The number of amides is 1. The second-order valence-corrected chi connectivity index (χ2v) is 7.59. The number of rotatable bonds is 4. The summed E-state index contributed by atoms with van der Waals surface area (Å²) in [6.45, 7) is 2.12. The lowest BCUT2D eigenvalue weighted by molar-refractivity contribution is -0.122. The van der Waals surface area contributed by atoms with Gasteiger partial charge in [0.1, 0.15) is 5.75 Å². The molecule has 1 N–H and O–H groups in total. The van der Waals surface area contributed by atoms with Crippen molar-refractivity contribution in [3.05, 3.63) is 76.5 Å². The van der Waals surface area contributed by atoms with E-state index in [1.54, 1.807) is 7.11 Å². The first-order chi connectivity index (χ1) is 13.6. The molecule has 28 heavy (non-hydrogen) atoms. The van der Waals surface area contributed by atoms with Crippen molar-refractivity contribution in [2.75, 3.05) is 7.11 Å². The van der Waals surface area contributed by atoms with Crippen LogP contribution in [0.15, 0.2) is 59.8 Å². The van der Waals surface area contributed by atoms with Crippen molar-refractivity contribution in [1.82, 2.24) is 5.32 Å². The van der Waals surface area contributed by atoms with Gasteiger partial charge < -0.3 is 10.1 Å². The van der Waals surface area contributed by atoms with Crippen LogP contribution in [0.3, 0.4) is 0 Å². The number of aryl methyl sites for hydroxylation is 1. The molecule has 4 heteroatoms. The Morgan fingerprint density at radius 2 is 1.61 bits per heavy atom. The molecule has 0 saturated carbocycles. The average molecular weight is 375 g/mol. The van der Waals surface area contributed by atoms with Gasteiger partial charge in [-0.05, 0) is 47.6 Å². The molecule has 4 rings (SSSR count). The Labute approximate surface area is 165 Å². The van der Waals surface area contributed by atoms with Crippen LogP contribution >= 0.6 is 0 Å². The van der Waals surface area contributed by atoms with Crippen LogP contribution in [0.25, 0.3) is 0 Å². The molecule has 144 valence electrons. The topological polar surface area (TPSA) is 55.4 Å². The number of Topliss-reactive ketones (excluding diaryl/α,β-unsaturated/α-hetero) is 1. The van der Waals surface area contributed by atoms with E-state index < -0.39 is 0 Å². The number of nitrogens with one attached hydrogen (secondary N) is 1. The molecule has 0 spiro atoms. The van der Waals surface area contributed by atoms with Crippen LogP contribution < -0.4 is 10.1 Å². The Morgan fingerprint density at radius 1 is 0.929 bits per heavy atom. The van der Waals surface area contributed by atoms with Gasteiger partial charge in [-0.2, -0.15) is 0 Å². The highest BCUT2D eigenvalue weighted by atomic mass is 16.5. The summed E-state index contributed by atoms with van der Waals surface area (Å²) in [6, 6.07) is 16.2. The minimum absolute atomic E-state index is 0.00787. The molecule has 0 bridgehead atoms. The number of hydrogen-bond acceptors (Lipinski definition) is 3. The number of ether oxygens (including phenoxy) is 1. The van der Waals surface area contributed by atoms with Crippen molar-refractivity contribution >= 4 is 11.7 Å². The van der Waals surface area contributed by atoms with Gasteiger partial charge in [-0.3, -0.25) is 9.59 Å². The van der Waals surface area contributed by atoms with Crippen molar-refractivity contribution in [1.29, 1.82) is 0 Å². The van der Waals surface area contributed by atoms with Crippen LogP contribution in [0, 0.1) is 0 Å². The molecule has 1 aliphatic carbocycles. The molecule has 0 radical (unpaired) electrons. The van der Waals surface area contributed by atoms with Gasteiger partial charge in [0.2, 0.25) is 5.91 Å². The maximum atomic E-state index is 13.1. The highest BCUT2D eigenvalue weighted by molar-refractivity contribution is 6.02. The molecule has 1 aliphatic heterocycles. The van der Waals surface area contributed by atoms with Gasteiger partial charge in [-0.15, -0.1) is 0 Å². The molecular formula is C24H25NO3. The van der Waals surface area contributed by atoms with Gasteiger partial charge >= 0.3 is 0 Å². The number of carbonyl (C=O) groups excluding carboxylic acids is 2. The third-order valence-electron chi connectivity index (χ3n) is 5.91. The van der Waals surface area contributed by atoms with E-state index in [0.717, 1.165) is 34.6 Å². The Balaban J connectivity index is 1.65. The maximum absolute atomic E-state index is 13.1. The molecule has 2 aliphatic rings. The normalized spacial score (nSPS) is 21.9. The van der Waals surface area contributed by atoms with Crippen molar-refractivity contribution in [3.8, 4) is 5.75 Å². The predicted octanol–water partition coefficient (Wildman–Crippen LogP) is 4.26. The third kappa shape index (κ3) is 3.47. The van der Waals surface area contributed by atoms with Crippen molar-refractivity contribution < 1.29 is 14.3 Å². The molecule has 2 atom stereocenters. The summed E-state index contributed by atoms with van der Waals surface area (Å²) in [5.74, 6) is 0.878. The van der Waals surface area contributed by atoms with Crippen LogP contribution in [0.5, 0.6) is 5.75 Å². The molecule has 2 aromatic carbocycles. The largest absolute Gasteiger partial charge is 0.497 e. The summed E-state index contributed by atoms with van der Waals surface area (Å²) in [5.41, 5.74) is 5.01. The minimum atomic E-state index is -0.140. The fourth-order valence-electron chi connectivity index (χ4n) is 4.34. The summed E-state index contributed by atoms with van der Waals surface area (Å²) >= 11 is 0. The van der Waals surface area contributed by atoms with E-state index in [2.05, 4.69) is 36.5 Å². The summed E-state index contributed by atoms with van der Waals surface area (Å²) in [4.78, 5) is 25.5. The second kappa shape index (κ2) is 7.63. The summed E-state index contributed by atoms with van der Waals surface area (Å²) < 4.78 is 5.22. The fraction of sp³-hybridized carbons (Fsp3) is 0.333. The van der Waals surface area contributed by atoms with Gasteiger partial charge in [0.05, 0.1) is 7.11 Å². The number of hydrogen-bond donors (Lipinski definition) is 1. The zero-order chi connectivity index (χ0) is 19.7. The van der Waals surface area contributed by atoms with E-state index in [1.165, 1.54) is 5.56 Å². The van der Waals surface area contributed by atoms with Gasteiger partial charge in [-0.1, -0.05) is 43.3 Å². The Morgan fingerprint density at radius 3 is 2.25 bits per heavy atom. The van der Waals surface area contributed by atoms with E-state index in [-0.39, 0.29) is 23.5 Å². The highest BCUT2D eigenvalue weighted by Crippen LogP contribution is 2.42. The maximum Gasteiger partial charge on any atom is 0.225 e. The van der Waals surface area contributed by atoms with Gasteiger partial charge in [0.15, 0.2) is 5.78 Å². The molecular weight excluding hydrogens is 350 g/mol. The Hall–Kier alpha value is -2.88. The average Bonchev–Trinajstić information content (AvgIpc) is 2.73. The monoisotopic (exact) mass is 375 g/mol. The fourth-order valence-corrected chi connectivity index (χ4v) is 4.34. The first-order valence-corrected chi connectivity index (χ1v) is 9.88.